The highest BCUT2D eigenvalue weighted by atomic mass is 15.4. The number of fused-ring (bicyclic) bond motifs is 1. The van der Waals surface area contributed by atoms with Gasteiger partial charge in [0.05, 0.1) is 0 Å². The predicted octanol–water partition coefficient (Wildman–Crippen LogP) is 2.69. The molecule has 5 nitrogen and oxygen atoms in total. The third-order valence-electron chi connectivity index (χ3n) is 3.54. The van der Waals surface area contributed by atoms with Gasteiger partial charge in [-0.25, -0.2) is 9.66 Å². The van der Waals surface area contributed by atoms with Crippen LogP contribution in [0.3, 0.4) is 0 Å². The number of nitrogens with two attached hydrogens (primary N) is 2. The lowest BCUT2D eigenvalue weighted by atomic mass is 9.96. The third-order valence-corrected chi connectivity index (χ3v) is 3.54. The third kappa shape index (κ3) is 2.11. The number of nitrogens with zero attached hydrogens (tertiary/aromatic N) is 3. The van der Waals surface area contributed by atoms with Gasteiger partial charge >= 0.3 is 0 Å². The Bertz CT molecular complexity index is 806. The molecule has 0 bridgehead atoms. The van der Waals surface area contributed by atoms with Gasteiger partial charge in [0, 0.05) is 28.8 Å². The Labute approximate surface area is 123 Å². The summed E-state index contributed by atoms with van der Waals surface area (Å²) in [5.74, 6) is 7.29. The topological polar surface area (TPSA) is 82.8 Å². The van der Waals surface area contributed by atoms with Gasteiger partial charge in [-0.3, -0.25) is 4.98 Å². The zero-order chi connectivity index (χ0) is 15.2. The highest BCUT2D eigenvalue weighted by Crippen LogP contribution is 2.33. The van der Waals surface area contributed by atoms with Crippen LogP contribution in [0.2, 0.25) is 0 Å². The van der Waals surface area contributed by atoms with E-state index in [4.69, 9.17) is 11.6 Å². The molecule has 0 atom stereocenters. The second-order valence-electron chi connectivity index (χ2n) is 6.20. The van der Waals surface area contributed by atoms with Crippen LogP contribution >= 0.6 is 0 Å². The summed E-state index contributed by atoms with van der Waals surface area (Å²) in [5, 5.41) is 2.12. The summed E-state index contributed by atoms with van der Waals surface area (Å²) in [6.07, 6.45) is 3.62. The quantitative estimate of drug-likeness (QED) is 0.672. The number of nitrogen functional groups attached to an aromatic ring is 2. The largest absolute Gasteiger partial charge is 0.382 e. The fraction of sp³-hybridized carbons (Fsp3) is 0.250. The van der Waals surface area contributed by atoms with Crippen molar-refractivity contribution in [2.75, 3.05) is 11.6 Å². The Kier molecular flexibility index (Phi) is 2.86. The molecule has 0 fully saturated rings. The van der Waals surface area contributed by atoms with Crippen LogP contribution in [-0.4, -0.2) is 14.6 Å². The minimum atomic E-state index is -0.181. The van der Waals surface area contributed by atoms with Crippen LogP contribution in [0.4, 0.5) is 5.82 Å². The molecule has 0 aliphatic carbocycles. The van der Waals surface area contributed by atoms with Crippen molar-refractivity contribution in [2.45, 2.75) is 26.2 Å². The zero-order valence-electron chi connectivity index (χ0n) is 12.5. The van der Waals surface area contributed by atoms with E-state index in [0.29, 0.717) is 11.5 Å². The van der Waals surface area contributed by atoms with Crippen molar-refractivity contribution in [3.05, 3.63) is 42.5 Å². The van der Waals surface area contributed by atoms with Crippen molar-refractivity contribution < 1.29 is 0 Å². The molecule has 0 spiro atoms. The van der Waals surface area contributed by atoms with Crippen LogP contribution in [0, 0.1) is 0 Å². The van der Waals surface area contributed by atoms with Crippen molar-refractivity contribution in [1.29, 1.82) is 0 Å². The Morgan fingerprint density at radius 1 is 1.10 bits per heavy atom. The van der Waals surface area contributed by atoms with Gasteiger partial charge in [-0.1, -0.05) is 45.0 Å². The van der Waals surface area contributed by atoms with Gasteiger partial charge in [0.2, 0.25) is 0 Å². The Morgan fingerprint density at radius 3 is 2.48 bits per heavy atom. The van der Waals surface area contributed by atoms with Crippen molar-refractivity contribution in [3.63, 3.8) is 0 Å². The molecule has 21 heavy (non-hydrogen) atoms. The zero-order valence-corrected chi connectivity index (χ0v) is 12.5. The van der Waals surface area contributed by atoms with Crippen LogP contribution in [0.5, 0.6) is 0 Å². The number of anilines is 1. The molecule has 0 aliphatic heterocycles. The van der Waals surface area contributed by atoms with Crippen molar-refractivity contribution in [2.24, 2.45) is 0 Å². The minimum Gasteiger partial charge on any atom is -0.382 e. The second-order valence-corrected chi connectivity index (χ2v) is 6.20. The van der Waals surface area contributed by atoms with Gasteiger partial charge in [0.25, 0.3) is 0 Å². The van der Waals surface area contributed by atoms with Gasteiger partial charge < -0.3 is 11.6 Å². The second kappa shape index (κ2) is 4.48. The molecule has 3 rings (SSSR count). The first-order valence-electron chi connectivity index (χ1n) is 6.86. The maximum atomic E-state index is 6.17. The molecule has 0 aliphatic rings. The summed E-state index contributed by atoms with van der Waals surface area (Å²) in [5.41, 5.74) is 7.58. The van der Waals surface area contributed by atoms with Crippen LogP contribution in [0.25, 0.3) is 22.0 Å². The van der Waals surface area contributed by atoms with Gasteiger partial charge in [-0.05, 0) is 5.39 Å². The summed E-state index contributed by atoms with van der Waals surface area (Å²) < 4.78 is 1.47. The summed E-state index contributed by atoms with van der Waals surface area (Å²) in [4.78, 5) is 8.96. The molecular weight excluding hydrogens is 262 g/mol. The predicted molar refractivity (Wildman–Crippen MR) is 86.2 cm³/mol. The van der Waals surface area contributed by atoms with Crippen LogP contribution in [0.15, 0.2) is 36.7 Å². The first-order chi connectivity index (χ1) is 9.89. The van der Waals surface area contributed by atoms with Gasteiger partial charge in [-0.15, -0.1) is 0 Å². The highest BCUT2D eigenvalue weighted by Gasteiger charge is 2.25. The van der Waals surface area contributed by atoms with E-state index in [0.717, 1.165) is 22.2 Å². The highest BCUT2D eigenvalue weighted by molar-refractivity contribution is 5.96. The standard InChI is InChI=1S/C16H19N5/c1-16(2,3)15-20-13(14(17)21(15)18)12-9-19-8-10-6-4-5-7-11(10)12/h4-9H,17-18H2,1-3H3. The molecule has 108 valence electrons. The van der Waals surface area contributed by atoms with Crippen molar-refractivity contribution in [3.8, 4) is 11.3 Å². The Hall–Kier alpha value is -2.56. The molecule has 5 heteroatoms. The van der Waals surface area contributed by atoms with Crippen LogP contribution in [-0.2, 0) is 5.41 Å². The number of aromatic nitrogens is 3. The Morgan fingerprint density at radius 2 is 1.81 bits per heavy atom. The molecule has 2 aromatic heterocycles. The van der Waals surface area contributed by atoms with Crippen molar-refractivity contribution in [1.82, 2.24) is 14.6 Å². The lowest BCUT2D eigenvalue weighted by Gasteiger charge is -2.17. The van der Waals surface area contributed by atoms with E-state index in [1.807, 2.05) is 30.5 Å². The smallest absolute Gasteiger partial charge is 0.150 e. The summed E-state index contributed by atoms with van der Waals surface area (Å²) >= 11 is 0. The first kappa shape index (κ1) is 13.4. The number of pyridine rings is 1. The lowest BCUT2D eigenvalue weighted by molar-refractivity contribution is 0.532. The Balaban J connectivity index is 2.29. The maximum absolute atomic E-state index is 6.17. The average Bonchev–Trinajstić information content (AvgIpc) is 2.75. The normalized spacial score (nSPS) is 12.0. The molecule has 0 radical (unpaired) electrons. The van der Waals surface area contributed by atoms with E-state index in [1.54, 1.807) is 6.20 Å². The summed E-state index contributed by atoms with van der Waals surface area (Å²) in [7, 11) is 0. The molecule has 0 unspecified atom stereocenters. The van der Waals surface area contributed by atoms with Gasteiger partial charge in [-0.2, -0.15) is 0 Å². The molecule has 3 aromatic rings. The maximum Gasteiger partial charge on any atom is 0.150 e. The number of benzene rings is 1. The molecule has 4 N–H and O–H groups in total. The first-order valence-corrected chi connectivity index (χ1v) is 6.86. The molecule has 2 heterocycles. The number of hydrogen-bond acceptors (Lipinski definition) is 4. The van der Waals surface area contributed by atoms with E-state index in [1.165, 1.54) is 4.68 Å². The number of rotatable bonds is 1. The van der Waals surface area contributed by atoms with Gasteiger partial charge in [0.15, 0.2) is 5.82 Å². The summed E-state index contributed by atoms with van der Waals surface area (Å²) in [6.45, 7) is 6.18. The van der Waals surface area contributed by atoms with E-state index in [9.17, 15) is 0 Å². The molecular formula is C16H19N5. The minimum absolute atomic E-state index is 0.181. The molecule has 1 aromatic carbocycles. The van der Waals surface area contributed by atoms with Crippen LogP contribution < -0.4 is 11.6 Å². The molecule has 0 saturated carbocycles. The fourth-order valence-electron chi connectivity index (χ4n) is 2.48. The van der Waals surface area contributed by atoms with Crippen molar-refractivity contribution >= 4 is 16.6 Å². The van der Waals surface area contributed by atoms with Gasteiger partial charge in [0.1, 0.15) is 11.5 Å². The monoisotopic (exact) mass is 281 g/mol. The summed E-state index contributed by atoms with van der Waals surface area (Å²) in [6, 6.07) is 8.04. The SMILES string of the molecule is CC(C)(C)c1nc(-c2cncc3ccccc23)c(N)n1N. The van der Waals surface area contributed by atoms with E-state index < -0.39 is 0 Å². The van der Waals surface area contributed by atoms with E-state index in [2.05, 4.69) is 30.7 Å². The molecule has 0 amide bonds. The molecule has 0 saturated heterocycles. The lowest BCUT2D eigenvalue weighted by Crippen LogP contribution is -2.24. The van der Waals surface area contributed by atoms with Crippen LogP contribution in [0.1, 0.15) is 26.6 Å². The average molecular weight is 281 g/mol. The van der Waals surface area contributed by atoms with E-state index >= 15 is 0 Å². The number of hydrogen-bond donors (Lipinski definition) is 2. The number of imidazole rings is 1. The van der Waals surface area contributed by atoms with E-state index in [-0.39, 0.29) is 5.41 Å². The fourth-order valence-corrected chi connectivity index (χ4v) is 2.48.